The van der Waals surface area contributed by atoms with Gasteiger partial charge in [0.05, 0.1) is 36.7 Å². The Morgan fingerprint density at radius 2 is 0.942 bits per heavy atom. The van der Waals surface area contributed by atoms with Gasteiger partial charge in [0.2, 0.25) is 21.2 Å². The second-order valence-corrected chi connectivity index (χ2v) is 23.1. The number of hydrogen-bond acceptors (Lipinski definition) is 35. The number of hydrogen-bond donors (Lipinski definition) is 0. The molecule has 11 heterocycles. The van der Waals surface area contributed by atoms with Gasteiger partial charge in [0.25, 0.3) is 5.82 Å². The van der Waals surface area contributed by atoms with Crippen LogP contribution in [0, 0.1) is 75.5 Å². The summed E-state index contributed by atoms with van der Waals surface area (Å²) in [6.07, 6.45) is -21.1. The number of nitrogens with zero attached hydrogens (tertiary/aromatic N) is 24. The third-order valence-corrected chi connectivity index (χ3v) is 13.1. The molecule has 11 rings (SSSR count). The number of halogens is 21. The van der Waals surface area contributed by atoms with Gasteiger partial charge < -0.3 is 41.3 Å². The van der Waals surface area contributed by atoms with Crippen LogP contribution in [0.3, 0.4) is 0 Å². The van der Waals surface area contributed by atoms with Gasteiger partial charge in [-0.2, -0.15) is 72.0 Å². The molecule has 0 saturated carbocycles. The molecule has 0 aliphatic carbocycles. The first-order valence-corrected chi connectivity index (χ1v) is 31.3. The van der Waals surface area contributed by atoms with Gasteiger partial charge in [-0.15, -0.1) is 49.7 Å². The van der Waals surface area contributed by atoms with E-state index in [1.54, 1.807) is 51.8 Å². The third-order valence-electron chi connectivity index (χ3n) is 7.55. The molecule has 566 valence electrons. The number of rotatable bonds is 6. The fourth-order valence-corrected chi connectivity index (χ4v) is 8.12. The van der Waals surface area contributed by atoms with Crippen LogP contribution in [0.1, 0.15) is 69.3 Å². The van der Waals surface area contributed by atoms with Crippen LogP contribution in [0.2, 0.25) is 15.0 Å². The van der Waals surface area contributed by atoms with E-state index < -0.39 is 54.4 Å². The molecule has 60 heteroatoms. The van der Waals surface area contributed by atoms with Crippen molar-refractivity contribution in [1.82, 2.24) is 107 Å². The van der Waals surface area contributed by atoms with Crippen molar-refractivity contribution >= 4 is 128 Å². The second-order valence-electron chi connectivity index (χ2n) is 16.4. The fraction of sp³-hybridized carbons (Fsp3) is 0.395. The average molecular weight is 1690 g/mol. The van der Waals surface area contributed by atoms with Crippen molar-refractivity contribution in [1.29, 1.82) is 0 Å². The Labute approximate surface area is 607 Å². The van der Waals surface area contributed by atoms with Crippen molar-refractivity contribution in [2.24, 2.45) is 14.1 Å². The molecule has 0 saturated heterocycles. The molecule has 0 fully saturated rings. The van der Waals surface area contributed by atoms with Crippen molar-refractivity contribution in [3.63, 3.8) is 0 Å². The molecular weight excluding hydrogens is 1650 g/mol. The van der Waals surface area contributed by atoms with E-state index in [2.05, 4.69) is 143 Å². The van der Waals surface area contributed by atoms with E-state index in [4.69, 9.17) is 47.9 Å². The van der Waals surface area contributed by atoms with Gasteiger partial charge in [0, 0.05) is 47.3 Å². The SMILES string of the molecule is Cc1nnc(C(F)(F)F)o1.Cc1noc(C(F)(F)F)n1.Cc1noc(Cl)n1.Cc1noc(SOC(F)(F)F)n1.Cc1nsc(C(F)(F)F)n1.Cc1nsc(Cl)n1.Cc1nsc(SOC(F)(F)F)n1.Cn1cnc(Cl)c1.Cn1cnc(SOC(F)(F)F)c1.[C-]#[N+]c1nc(C)no1.[C-]#[N+]c1nc(C)ns1. The molecule has 0 unspecified atom stereocenters. The minimum absolute atomic E-state index is 0.00231. The molecule has 32 nitrogen and oxygen atoms in total. The first-order chi connectivity index (χ1) is 47.4. The first-order valence-electron chi connectivity index (χ1n) is 24.8. The molecule has 0 radical (unpaired) electrons. The number of alkyl halides is 18. The van der Waals surface area contributed by atoms with Crippen LogP contribution >= 0.6 is 117 Å². The quantitative estimate of drug-likeness (QED) is 0.0847. The zero-order valence-corrected chi connectivity index (χ0v) is 60.1. The number of aryl methyl sites for hydroxylation is 11. The van der Waals surface area contributed by atoms with Crippen LogP contribution in [0.4, 0.5) is 90.2 Å². The zero-order chi connectivity index (χ0) is 78.7. The van der Waals surface area contributed by atoms with Gasteiger partial charge in [0.15, 0.2) is 21.8 Å². The van der Waals surface area contributed by atoms with Crippen molar-refractivity contribution < 1.29 is 114 Å². The summed E-state index contributed by atoms with van der Waals surface area (Å²) in [4.78, 5) is 41.4. The van der Waals surface area contributed by atoms with Crippen molar-refractivity contribution in [2.75, 3.05) is 0 Å². The Hall–Kier alpha value is -8.12. The predicted molar refractivity (Wildman–Crippen MR) is 322 cm³/mol. The van der Waals surface area contributed by atoms with Gasteiger partial charge in [-0.05, 0) is 111 Å². The first kappa shape index (κ1) is 92.9. The standard InChI is InChI=1S/C5H5F3N2OS.C4H5ClN2.C4H3F3N2O2S.C4H3F3N2OS2.2C4H3F3N2O.C4H3F3N2S.C4H3N3O.C4H3N3S.C3H3ClN2O.C3H3ClN2S/c1-10-2-4(9-3-10)12-11-5(6,7)8;1-7-2-4(5)6-3-7;1-2-8-3(10-9-2)12-11-4(5,6)7;1-2-8-3(11-9-2)12-10-4(5,6)7;1-2-8-9-3(10-2)4(5,6)7;2*1-2-8-3(10-9-2)4(5,6)7;2*1-3-6-4(5-2)8-7-3;2*1-2-5-3(4)7-6-2/h2-3H,1H3;2-3H,1H3;2*1H3;3*1H3;2*1H3;2*1H3. The Balaban J connectivity index is 0.000000569. The van der Waals surface area contributed by atoms with E-state index in [9.17, 15) is 79.0 Å². The normalized spacial score (nSPS) is 10.9. The summed E-state index contributed by atoms with van der Waals surface area (Å²) >= 11 is 20.0. The van der Waals surface area contributed by atoms with Crippen LogP contribution in [0.5, 0.6) is 0 Å². The Morgan fingerprint density at radius 1 is 0.456 bits per heavy atom. The van der Waals surface area contributed by atoms with Crippen molar-refractivity contribution in [3.8, 4) is 0 Å². The number of imidazole rings is 2. The molecule has 0 amide bonds. The summed E-state index contributed by atoms with van der Waals surface area (Å²) in [7, 11) is 3.53. The number of aromatic nitrogens is 22. The fourth-order valence-electron chi connectivity index (χ4n) is 4.13. The van der Waals surface area contributed by atoms with Crippen molar-refractivity contribution in [2.45, 2.75) is 115 Å². The van der Waals surface area contributed by atoms with Crippen LogP contribution in [0.25, 0.3) is 9.69 Å². The van der Waals surface area contributed by atoms with Crippen LogP contribution in [-0.4, -0.2) is 126 Å². The highest BCUT2D eigenvalue weighted by atomic mass is 35.5. The Kier molecular flexibility index (Phi) is 40.1. The maximum atomic E-state index is 11.7. The molecule has 0 N–H and O–H groups in total. The average Bonchev–Trinajstić information content (AvgIpc) is 1.75. The molecule has 0 aromatic carbocycles. The summed E-state index contributed by atoms with van der Waals surface area (Å²) < 4.78 is 258. The van der Waals surface area contributed by atoms with E-state index in [0.717, 1.165) is 28.9 Å². The summed E-state index contributed by atoms with van der Waals surface area (Å²) in [5, 5.41) is 18.9. The smallest absolute Gasteiger partial charge is 0.418 e. The molecule has 11 aromatic heterocycles. The van der Waals surface area contributed by atoms with Gasteiger partial charge in [-0.25, -0.2) is 37.5 Å². The summed E-state index contributed by atoms with van der Waals surface area (Å²) in [6, 6.07) is 0.00231. The maximum Gasteiger partial charge on any atom is 0.534 e. The van der Waals surface area contributed by atoms with Crippen molar-refractivity contribution in [3.05, 3.63) is 132 Å². The molecular formula is C43H37Cl3F18N24O8S7. The largest absolute Gasteiger partial charge is 0.534 e. The zero-order valence-electron chi connectivity index (χ0n) is 52.1. The van der Waals surface area contributed by atoms with Gasteiger partial charge in [-0.1, -0.05) is 55.3 Å². The molecule has 0 bridgehead atoms. The van der Waals surface area contributed by atoms with E-state index in [0.29, 0.717) is 49.6 Å². The highest BCUT2D eigenvalue weighted by Gasteiger charge is 2.39. The lowest BCUT2D eigenvalue weighted by Gasteiger charge is -2.02. The molecule has 11 aromatic rings. The molecule has 0 aliphatic rings. The highest BCUT2D eigenvalue weighted by molar-refractivity contribution is 7.96. The minimum Gasteiger partial charge on any atom is -0.418 e. The second kappa shape index (κ2) is 44.5. The summed E-state index contributed by atoms with van der Waals surface area (Å²) in [5.74, 6) is 0.625. The topological polar surface area (TPSA) is 370 Å². The minimum atomic E-state index is -4.70. The van der Waals surface area contributed by atoms with E-state index in [1.165, 1.54) is 56.3 Å². The molecule has 103 heavy (non-hydrogen) atoms. The maximum absolute atomic E-state index is 11.7. The summed E-state index contributed by atoms with van der Waals surface area (Å²) in [6.45, 7) is 26.9. The van der Waals surface area contributed by atoms with Gasteiger partial charge >= 0.3 is 71.1 Å². The van der Waals surface area contributed by atoms with Crippen LogP contribution < -0.4 is 0 Å². The van der Waals surface area contributed by atoms with E-state index in [1.807, 2.05) is 14.0 Å². The lowest BCUT2D eigenvalue weighted by molar-refractivity contribution is -0.268. The molecule has 0 aliphatic heterocycles. The van der Waals surface area contributed by atoms with Crippen LogP contribution in [-0.2, 0) is 45.2 Å². The van der Waals surface area contributed by atoms with Crippen LogP contribution in [0.15, 0.2) is 62.1 Å². The van der Waals surface area contributed by atoms with Gasteiger partial charge in [-0.3, -0.25) is 0 Å². The molecule has 0 atom stereocenters. The van der Waals surface area contributed by atoms with E-state index >= 15 is 0 Å². The Bertz CT molecular complexity index is 3810. The Morgan fingerprint density at radius 3 is 1.21 bits per heavy atom. The lowest BCUT2D eigenvalue weighted by atomic mass is 10.6. The summed E-state index contributed by atoms with van der Waals surface area (Å²) in [5.41, 5.74) is 0. The lowest BCUT2D eigenvalue weighted by Crippen LogP contribution is -2.07. The van der Waals surface area contributed by atoms with Gasteiger partial charge in [0.1, 0.15) is 39.7 Å². The predicted octanol–water partition coefficient (Wildman–Crippen LogP) is 16.9. The highest BCUT2D eigenvalue weighted by Crippen LogP contribution is 2.33. The van der Waals surface area contributed by atoms with E-state index in [-0.39, 0.29) is 85.4 Å². The molecule has 0 spiro atoms. The third kappa shape index (κ3) is 46.3. The monoisotopic (exact) mass is 1690 g/mol.